The van der Waals surface area contributed by atoms with Gasteiger partial charge in [0.15, 0.2) is 0 Å². The van der Waals surface area contributed by atoms with Crippen LogP contribution < -0.4 is 10.6 Å². The lowest BCUT2D eigenvalue weighted by atomic mass is 10.2. The maximum atomic E-state index is 13.6. The molecule has 3 N–H and O–H groups in total. The van der Waals surface area contributed by atoms with Crippen molar-refractivity contribution in [1.29, 1.82) is 5.41 Å². The minimum atomic E-state index is -0.255. The summed E-state index contributed by atoms with van der Waals surface area (Å²) >= 11 is 0. The number of aromatic nitrogens is 1. The molecular weight excluding hydrogens is 243 g/mol. The number of benzene rings is 1. The van der Waals surface area contributed by atoms with Gasteiger partial charge in [0.05, 0.1) is 5.56 Å². The summed E-state index contributed by atoms with van der Waals surface area (Å²) < 4.78 is 13.6. The molecule has 0 saturated heterocycles. The normalized spacial score (nSPS) is 10.2. The van der Waals surface area contributed by atoms with Crippen LogP contribution in [0, 0.1) is 11.2 Å². The van der Waals surface area contributed by atoms with Crippen LogP contribution in [0.3, 0.4) is 0 Å². The number of amidine groups is 1. The van der Waals surface area contributed by atoms with Gasteiger partial charge in [-0.3, -0.25) is 5.41 Å². The van der Waals surface area contributed by atoms with Crippen molar-refractivity contribution in [3.8, 4) is 0 Å². The van der Waals surface area contributed by atoms with Crippen LogP contribution >= 0.6 is 0 Å². The van der Waals surface area contributed by atoms with E-state index in [1.54, 1.807) is 48.5 Å². The van der Waals surface area contributed by atoms with Crippen molar-refractivity contribution in [2.45, 2.75) is 6.54 Å². The molecule has 0 spiro atoms. The van der Waals surface area contributed by atoms with E-state index in [4.69, 9.17) is 11.1 Å². The second-order valence-electron chi connectivity index (χ2n) is 4.24. The maximum Gasteiger partial charge on any atom is 0.139 e. The van der Waals surface area contributed by atoms with Gasteiger partial charge in [0, 0.05) is 25.4 Å². The number of nitrogens with two attached hydrogens (primary N) is 1. The summed E-state index contributed by atoms with van der Waals surface area (Å²) in [6.45, 7) is 0.365. The molecule has 2 aromatic rings. The van der Waals surface area contributed by atoms with Crippen LogP contribution in [0.1, 0.15) is 11.1 Å². The second-order valence-corrected chi connectivity index (χ2v) is 4.24. The van der Waals surface area contributed by atoms with Gasteiger partial charge in [-0.1, -0.05) is 18.2 Å². The van der Waals surface area contributed by atoms with Crippen LogP contribution in [0.5, 0.6) is 0 Å². The van der Waals surface area contributed by atoms with Crippen molar-refractivity contribution in [1.82, 2.24) is 4.98 Å². The zero-order chi connectivity index (χ0) is 13.8. The monoisotopic (exact) mass is 258 g/mol. The van der Waals surface area contributed by atoms with Crippen molar-refractivity contribution in [2.24, 2.45) is 5.73 Å². The number of hydrogen-bond acceptors (Lipinski definition) is 3. The fourth-order valence-electron chi connectivity index (χ4n) is 1.87. The van der Waals surface area contributed by atoms with Crippen molar-refractivity contribution in [3.63, 3.8) is 0 Å². The topological polar surface area (TPSA) is 66.0 Å². The first-order valence-corrected chi connectivity index (χ1v) is 5.83. The standard InChI is InChI=1S/C14H15FN4/c1-19(9-10-5-2-3-7-12(10)15)14-11(13(16)17)6-4-8-18-14/h2-8H,9H2,1H3,(H3,16,17). The third-order valence-electron chi connectivity index (χ3n) is 2.80. The number of nitrogens with one attached hydrogen (secondary N) is 1. The lowest BCUT2D eigenvalue weighted by molar-refractivity contribution is 0.607. The minimum absolute atomic E-state index is 0.0523. The lowest BCUT2D eigenvalue weighted by Gasteiger charge is -2.21. The molecule has 0 amide bonds. The Labute approximate surface area is 111 Å². The molecule has 0 aliphatic heterocycles. The van der Waals surface area contributed by atoms with Crippen molar-refractivity contribution >= 4 is 11.7 Å². The number of pyridine rings is 1. The SMILES string of the molecule is CN(Cc1ccccc1F)c1ncccc1C(=N)N. The summed E-state index contributed by atoms with van der Waals surface area (Å²) in [5.74, 6) is 0.261. The molecule has 1 aromatic heterocycles. The Balaban J connectivity index is 2.28. The highest BCUT2D eigenvalue weighted by molar-refractivity contribution is 5.99. The lowest BCUT2D eigenvalue weighted by Crippen LogP contribution is -2.23. The molecule has 1 aromatic carbocycles. The van der Waals surface area contributed by atoms with Crippen LogP contribution in [0.4, 0.5) is 10.2 Å². The van der Waals surface area contributed by atoms with E-state index in [1.807, 2.05) is 0 Å². The summed E-state index contributed by atoms with van der Waals surface area (Å²) in [6.07, 6.45) is 1.62. The van der Waals surface area contributed by atoms with Gasteiger partial charge < -0.3 is 10.6 Å². The number of rotatable bonds is 4. The molecule has 19 heavy (non-hydrogen) atoms. The highest BCUT2D eigenvalue weighted by atomic mass is 19.1. The Morgan fingerprint density at radius 2 is 2.05 bits per heavy atom. The molecule has 0 aliphatic rings. The molecule has 4 nitrogen and oxygen atoms in total. The van der Waals surface area contributed by atoms with E-state index in [1.165, 1.54) is 6.07 Å². The number of hydrogen-bond donors (Lipinski definition) is 2. The second kappa shape index (κ2) is 5.48. The van der Waals surface area contributed by atoms with E-state index < -0.39 is 0 Å². The van der Waals surface area contributed by atoms with E-state index in [0.29, 0.717) is 23.5 Å². The number of anilines is 1. The van der Waals surface area contributed by atoms with E-state index in [9.17, 15) is 4.39 Å². The first-order chi connectivity index (χ1) is 9.09. The van der Waals surface area contributed by atoms with Crippen LogP contribution in [-0.4, -0.2) is 17.9 Å². The van der Waals surface area contributed by atoms with Crippen LogP contribution in [0.2, 0.25) is 0 Å². The molecule has 0 bridgehead atoms. The van der Waals surface area contributed by atoms with E-state index in [-0.39, 0.29) is 11.7 Å². The van der Waals surface area contributed by atoms with Gasteiger partial charge in [0.1, 0.15) is 17.5 Å². The predicted molar refractivity (Wildman–Crippen MR) is 73.8 cm³/mol. The van der Waals surface area contributed by atoms with Gasteiger partial charge in [0.2, 0.25) is 0 Å². The fraction of sp³-hybridized carbons (Fsp3) is 0.143. The van der Waals surface area contributed by atoms with Crippen LogP contribution in [-0.2, 0) is 6.54 Å². The summed E-state index contributed by atoms with van der Waals surface area (Å²) in [4.78, 5) is 5.98. The largest absolute Gasteiger partial charge is 0.384 e. The van der Waals surface area contributed by atoms with Crippen molar-refractivity contribution in [2.75, 3.05) is 11.9 Å². The first-order valence-electron chi connectivity index (χ1n) is 5.83. The Morgan fingerprint density at radius 1 is 1.32 bits per heavy atom. The predicted octanol–water partition coefficient (Wildman–Crippen LogP) is 2.14. The Kier molecular flexibility index (Phi) is 3.75. The van der Waals surface area contributed by atoms with Crippen LogP contribution in [0.15, 0.2) is 42.6 Å². The molecule has 1 heterocycles. The number of nitrogen functional groups attached to an aromatic ring is 1. The molecule has 0 fully saturated rings. The fourth-order valence-corrected chi connectivity index (χ4v) is 1.87. The van der Waals surface area contributed by atoms with Crippen molar-refractivity contribution in [3.05, 3.63) is 59.5 Å². The highest BCUT2D eigenvalue weighted by Gasteiger charge is 2.12. The van der Waals surface area contributed by atoms with Crippen LogP contribution in [0.25, 0.3) is 0 Å². The summed E-state index contributed by atoms with van der Waals surface area (Å²) in [5.41, 5.74) is 6.64. The highest BCUT2D eigenvalue weighted by Crippen LogP contribution is 2.18. The van der Waals surface area contributed by atoms with Crippen molar-refractivity contribution < 1.29 is 4.39 Å². The van der Waals surface area contributed by atoms with Gasteiger partial charge in [-0.2, -0.15) is 0 Å². The molecule has 0 unspecified atom stereocenters. The molecule has 0 saturated carbocycles. The number of nitrogens with zero attached hydrogens (tertiary/aromatic N) is 2. The maximum absolute atomic E-state index is 13.6. The first kappa shape index (κ1) is 13.0. The smallest absolute Gasteiger partial charge is 0.139 e. The molecular formula is C14H15FN4. The Hall–Kier alpha value is -2.43. The van der Waals surface area contributed by atoms with Gasteiger partial charge in [-0.25, -0.2) is 9.37 Å². The van der Waals surface area contributed by atoms with E-state index in [2.05, 4.69) is 4.98 Å². The number of halogens is 1. The summed E-state index contributed by atoms with van der Waals surface area (Å²) in [6, 6.07) is 10.0. The zero-order valence-electron chi connectivity index (χ0n) is 10.6. The Morgan fingerprint density at radius 3 is 2.74 bits per heavy atom. The molecule has 98 valence electrons. The average Bonchev–Trinajstić information content (AvgIpc) is 2.41. The van der Waals surface area contributed by atoms with Gasteiger partial charge in [0.25, 0.3) is 0 Å². The molecule has 2 rings (SSSR count). The molecule has 0 atom stereocenters. The van der Waals surface area contributed by atoms with Gasteiger partial charge in [-0.05, 0) is 18.2 Å². The minimum Gasteiger partial charge on any atom is -0.384 e. The van der Waals surface area contributed by atoms with Gasteiger partial charge >= 0.3 is 0 Å². The molecule has 0 radical (unpaired) electrons. The third kappa shape index (κ3) is 2.88. The van der Waals surface area contributed by atoms with E-state index >= 15 is 0 Å². The quantitative estimate of drug-likeness (QED) is 0.652. The summed E-state index contributed by atoms with van der Waals surface area (Å²) in [7, 11) is 1.79. The van der Waals surface area contributed by atoms with Gasteiger partial charge in [-0.15, -0.1) is 0 Å². The average molecular weight is 258 g/mol. The van der Waals surface area contributed by atoms with E-state index in [0.717, 1.165) is 0 Å². The third-order valence-corrected chi connectivity index (χ3v) is 2.80. The Bertz CT molecular complexity index is 598. The molecule has 5 heteroatoms. The summed E-state index contributed by atoms with van der Waals surface area (Å²) in [5, 5.41) is 7.53. The zero-order valence-corrected chi connectivity index (χ0v) is 10.6. The molecule has 0 aliphatic carbocycles.